The highest BCUT2D eigenvalue weighted by Crippen LogP contribution is 2.13. The van der Waals surface area contributed by atoms with Crippen molar-refractivity contribution in [2.75, 3.05) is 20.1 Å². The first-order valence-electron chi connectivity index (χ1n) is 10.1. The molecule has 0 radical (unpaired) electrons. The van der Waals surface area contributed by atoms with Gasteiger partial charge in [-0.1, -0.05) is 24.3 Å². The second-order valence-electron chi connectivity index (χ2n) is 8.86. The minimum atomic E-state index is -0.482. The normalized spacial score (nSPS) is 12.0. The van der Waals surface area contributed by atoms with Crippen molar-refractivity contribution >= 4 is 36.0 Å². The first kappa shape index (κ1) is 28.5. The molecule has 3 N–H and O–H groups in total. The molecule has 0 aliphatic heterocycles. The van der Waals surface area contributed by atoms with Gasteiger partial charge in [-0.3, -0.25) is 4.99 Å². The van der Waals surface area contributed by atoms with Gasteiger partial charge in [0.05, 0.1) is 12.2 Å². The monoisotopic (exact) mass is 534 g/mol. The van der Waals surface area contributed by atoms with Crippen molar-refractivity contribution in [2.45, 2.75) is 72.3 Å². The van der Waals surface area contributed by atoms with Gasteiger partial charge in [0.15, 0.2) is 5.96 Å². The number of hydrogen-bond donors (Lipinski definition) is 3. The van der Waals surface area contributed by atoms with Crippen LogP contribution in [0.5, 0.6) is 0 Å². The number of benzene rings is 1. The molecular formula is C22H39IN4O3. The van der Waals surface area contributed by atoms with Crippen molar-refractivity contribution in [1.82, 2.24) is 16.0 Å². The molecular weight excluding hydrogens is 495 g/mol. The minimum Gasteiger partial charge on any atom is -0.444 e. The highest BCUT2D eigenvalue weighted by Gasteiger charge is 2.15. The Kier molecular flexibility index (Phi) is 13.0. The molecule has 0 bridgehead atoms. The van der Waals surface area contributed by atoms with Crippen LogP contribution in [0.15, 0.2) is 29.3 Å². The number of nitrogens with zero attached hydrogens (tertiary/aromatic N) is 1. The number of aliphatic imine (C=N–C) groups is 1. The van der Waals surface area contributed by atoms with Crippen molar-refractivity contribution < 1.29 is 14.3 Å². The number of rotatable bonds is 8. The Morgan fingerprint density at radius 2 is 1.60 bits per heavy atom. The lowest BCUT2D eigenvalue weighted by Gasteiger charge is -2.20. The van der Waals surface area contributed by atoms with Crippen LogP contribution in [-0.4, -0.2) is 43.4 Å². The number of hydrogen-bond acceptors (Lipinski definition) is 4. The van der Waals surface area contributed by atoms with Crippen LogP contribution in [0.1, 0.15) is 59.1 Å². The molecule has 0 saturated carbocycles. The number of ether oxygens (including phenoxy) is 2. The highest BCUT2D eigenvalue weighted by atomic mass is 127. The average Bonchev–Trinajstić information content (AvgIpc) is 2.60. The number of halogens is 1. The maximum Gasteiger partial charge on any atom is 0.407 e. The molecule has 8 heteroatoms. The smallest absolute Gasteiger partial charge is 0.407 e. The fourth-order valence-corrected chi connectivity index (χ4v) is 2.34. The lowest BCUT2D eigenvalue weighted by molar-refractivity contribution is -0.0149. The van der Waals surface area contributed by atoms with Crippen LogP contribution in [0.3, 0.4) is 0 Å². The van der Waals surface area contributed by atoms with Crippen LogP contribution < -0.4 is 16.0 Å². The first-order chi connectivity index (χ1) is 13.5. The molecule has 0 unspecified atom stereocenters. The predicted octanol–water partition coefficient (Wildman–Crippen LogP) is 4.20. The summed E-state index contributed by atoms with van der Waals surface area (Å²) < 4.78 is 11.0. The van der Waals surface area contributed by atoms with E-state index in [2.05, 4.69) is 59.9 Å². The second kappa shape index (κ2) is 13.7. The van der Waals surface area contributed by atoms with E-state index in [0.717, 1.165) is 23.5 Å². The molecule has 1 aromatic carbocycles. The van der Waals surface area contributed by atoms with Gasteiger partial charge in [-0.15, -0.1) is 24.0 Å². The molecule has 1 aromatic rings. The standard InChI is InChI=1S/C22H38N4O3.HI/c1-21(2,3)28-16-18-11-8-10-17(14-18)15-26-19(23-7)24-12-9-13-25-20(27)29-22(4,5)6;/h8,10-11,14H,9,12-13,15-16H2,1-7H3,(H,25,27)(H2,23,24,26);1H. The number of nitrogens with one attached hydrogen (secondary N) is 3. The van der Waals surface area contributed by atoms with Gasteiger partial charge in [0.1, 0.15) is 5.60 Å². The number of carbonyl (C=O) groups is 1. The molecule has 0 aromatic heterocycles. The molecule has 0 atom stereocenters. The Morgan fingerprint density at radius 3 is 2.20 bits per heavy atom. The summed E-state index contributed by atoms with van der Waals surface area (Å²) in [5, 5.41) is 9.29. The van der Waals surface area contributed by atoms with Crippen LogP contribution in [-0.2, 0) is 22.6 Å². The summed E-state index contributed by atoms with van der Waals surface area (Å²) in [7, 11) is 1.74. The third kappa shape index (κ3) is 14.4. The minimum absolute atomic E-state index is 0. The van der Waals surface area contributed by atoms with E-state index in [1.54, 1.807) is 7.05 Å². The molecule has 0 aliphatic rings. The summed E-state index contributed by atoms with van der Waals surface area (Å²) in [5.41, 5.74) is 1.67. The molecule has 1 amide bonds. The Morgan fingerprint density at radius 1 is 0.967 bits per heavy atom. The molecule has 0 heterocycles. The van der Waals surface area contributed by atoms with Crippen LogP contribution in [0.25, 0.3) is 0 Å². The summed E-state index contributed by atoms with van der Waals surface area (Å²) >= 11 is 0. The Hall–Kier alpha value is -1.55. The highest BCUT2D eigenvalue weighted by molar-refractivity contribution is 14.0. The quantitative estimate of drug-likeness (QED) is 0.202. The van der Waals surface area contributed by atoms with E-state index < -0.39 is 11.7 Å². The maximum absolute atomic E-state index is 11.6. The van der Waals surface area contributed by atoms with E-state index in [-0.39, 0.29) is 29.6 Å². The molecule has 172 valence electrons. The molecule has 0 fully saturated rings. The van der Waals surface area contributed by atoms with Crippen molar-refractivity contribution in [3.63, 3.8) is 0 Å². The van der Waals surface area contributed by atoms with E-state index in [4.69, 9.17) is 9.47 Å². The molecule has 0 saturated heterocycles. The number of carbonyl (C=O) groups excluding carboxylic acids is 1. The van der Waals surface area contributed by atoms with Crippen molar-refractivity contribution in [3.05, 3.63) is 35.4 Å². The second-order valence-corrected chi connectivity index (χ2v) is 8.86. The average molecular weight is 534 g/mol. The molecule has 0 aliphatic carbocycles. The van der Waals surface area contributed by atoms with Gasteiger partial charge in [0.25, 0.3) is 0 Å². The fourth-order valence-electron chi connectivity index (χ4n) is 2.34. The third-order valence-electron chi connectivity index (χ3n) is 3.66. The van der Waals surface area contributed by atoms with Crippen molar-refractivity contribution in [2.24, 2.45) is 4.99 Å². The van der Waals surface area contributed by atoms with Gasteiger partial charge in [0, 0.05) is 26.7 Å². The van der Waals surface area contributed by atoms with E-state index in [9.17, 15) is 4.79 Å². The van der Waals surface area contributed by atoms with E-state index >= 15 is 0 Å². The van der Waals surface area contributed by atoms with Gasteiger partial charge in [0.2, 0.25) is 0 Å². The van der Waals surface area contributed by atoms with E-state index in [1.165, 1.54) is 0 Å². The summed E-state index contributed by atoms with van der Waals surface area (Å²) in [6, 6.07) is 8.32. The fraction of sp³-hybridized carbons (Fsp3) is 0.636. The molecule has 7 nitrogen and oxygen atoms in total. The zero-order valence-electron chi connectivity index (χ0n) is 19.4. The molecule has 1 rings (SSSR count). The Bertz CT molecular complexity index is 667. The van der Waals surface area contributed by atoms with Crippen LogP contribution in [0.2, 0.25) is 0 Å². The van der Waals surface area contributed by atoms with Crippen molar-refractivity contribution in [1.29, 1.82) is 0 Å². The van der Waals surface area contributed by atoms with Crippen LogP contribution >= 0.6 is 24.0 Å². The Labute approximate surface area is 198 Å². The number of guanidine groups is 1. The first-order valence-corrected chi connectivity index (χ1v) is 10.1. The molecule has 0 spiro atoms. The summed E-state index contributed by atoms with van der Waals surface area (Å²) in [6.45, 7) is 14.2. The van der Waals surface area contributed by atoms with Gasteiger partial charge < -0.3 is 25.4 Å². The topological polar surface area (TPSA) is 84.0 Å². The lowest BCUT2D eigenvalue weighted by Crippen LogP contribution is -2.39. The maximum atomic E-state index is 11.6. The predicted molar refractivity (Wildman–Crippen MR) is 133 cm³/mol. The number of alkyl carbamates (subject to hydrolysis) is 1. The number of amides is 1. The zero-order chi connectivity index (χ0) is 21.9. The van der Waals surface area contributed by atoms with Crippen LogP contribution in [0.4, 0.5) is 4.79 Å². The SMILES string of the molecule is CN=C(NCCCNC(=O)OC(C)(C)C)NCc1cccc(COC(C)(C)C)c1.I. The molecule has 30 heavy (non-hydrogen) atoms. The van der Waals surface area contributed by atoms with Gasteiger partial charge in [-0.2, -0.15) is 0 Å². The lowest BCUT2D eigenvalue weighted by atomic mass is 10.1. The van der Waals surface area contributed by atoms with Crippen LogP contribution in [0, 0.1) is 0 Å². The van der Waals surface area contributed by atoms with Gasteiger partial charge >= 0.3 is 6.09 Å². The largest absolute Gasteiger partial charge is 0.444 e. The van der Waals surface area contributed by atoms with E-state index in [0.29, 0.717) is 26.2 Å². The summed E-state index contributed by atoms with van der Waals surface area (Å²) in [4.78, 5) is 15.8. The zero-order valence-corrected chi connectivity index (χ0v) is 21.8. The summed E-state index contributed by atoms with van der Waals surface area (Å²) in [6.07, 6.45) is 0.370. The third-order valence-corrected chi connectivity index (χ3v) is 3.66. The Balaban J connectivity index is 0.00000841. The summed E-state index contributed by atoms with van der Waals surface area (Å²) in [5.74, 6) is 0.721. The van der Waals surface area contributed by atoms with Gasteiger partial charge in [-0.25, -0.2) is 4.79 Å². The van der Waals surface area contributed by atoms with E-state index in [1.807, 2.05) is 26.8 Å². The van der Waals surface area contributed by atoms with Crippen molar-refractivity contribution in [3.8, 4) is 0 Å². The van der Waals surface area contributed by atoms with Gasteiger partial charge in [-0.05, 0) is 59.1 Å².